The highest BCUT2D eigenvalue weighted by molar-refractivity contribution is 8.26. The van der Waals surface area contributed by atoms with Crippen LogP contribution in [0.1, 0.15) is 38.7 Å². The molecule has 0 N–H and O–H groups in total. The Morgan fingerprint density at radius 3 is 2.62 bits per heavy atom. The van der Waals surface area contributed by atoms with Crippen LogP contribution in [0.15, 0.2) is 34.1 Å². The summed E-state index contributed by atoms with van der Waals surface area (Å²) in [7, 11) is 0. The van der Waals surface area contributed by atoms with Gasteiger partial charge in [0.05, 0.1) is 10.5 Å². The molecule has 0 spiro atoms. The lowest BCUT2D eigenvalue weighted by Gasteiger charge is -2.35. The standard InChI is InChI=1S/C23H29N5O2S2/c1-3-5-7-11-28-22(30)18(32-23(28)31)16-17-20(26-14-12-25(4-2)13-15-26)24-19-9-6-8-10-27(19)21(17)29/h6,8-10,16H,3-5,7,11-15H2,1-2H3/b18-16-. The zero-order valence-corrected chi connectivity index (χ0v) is 20.3. The smallest absolute Gasteiger partial charge is 0.267 e. The van der Waals surface area contributed by atoms with Crippen LogP contribution < -0.4 is 10.5 Å². The van der Waals surface area contributed by atoms with E-state index in [1.54, 1.807) is 21.6 Å². The van der Waals surface area contributed by atoms with Gasteiger partial charge in [0.25, 0.3) is 11.5 Å². The van der Waals surface area contributed by atoms with E-state index in [0.29, 0.717) is 32.8 Å². The predicted molar refractivity (Wildman–Crippen MR) is 135 cm³/mol. The topological polar surface area (TPSA) is 61.2 Å². The van der Waals surface area contributed by atoms with Gasteiger partial charge >= 0.3 is 0 Å². The van der Waals surface area contributed by atoms with Crippen molar-refractivity contribution in [2.24, 2.45) is 0 Å². The third kappa shape index (κ3) is 4.60. The number of carbonyl (C=O) groups excluding carboxylic acids is 1. The number of hydrogen-bond acceptors (Lipinski definition) is 7. The average Bonchev–Trinajstić information content (AvgIpc) is 3.08. The van der Waals surface area contributed by atoms with Gasteiger partial charge in [-0.2, -0.15) is 0 Å². The Hall–Kier alpha value is -2.23. The third-order valence-corrected chi connectivity index (χ3v) is 7.38. The highest BCUT2D eigenvalue weighted by Crippen LogP contribution is 2.33. The van der Waals surface area contributed by atoms with Crippen LogP contribution in [-0.4, -0.2) is 68.7 Å². The van der Waals surface area contributed by atoms with Crippen molar-refractivity contribution in [3.63, 3.8) is 0 Å². The fraction of sp³-hybridized carbons (Fsp3) is 0.478. The van der Waals surface area contributed by atoms with Crippen molar-refractivity contribution in [1.29, 1.82) is 0 Å². The summed E-state index contributed by atoms with van der Waals surface area (Å²) >= 11 is 6.74. The Morgan fingerprint density at radius 2 is 1.91 bits per heavy atom. The maximum absolute atomic E-state index is 13.5. The van der Waals surface area contributed by atoms with E-state index < -0.39 is 0 Å². The molecule has 2 fully saturated rings. The molecular weight excluding hydrogens is 442 g/mol. The van der Waals surface area contributed by atoms with Gasteiger partial charge in [0.15, 0.2) is 0 Å². The molecule has 2 aromatic heterocycles. The SMILES string of the molecule is CCCCCN1C(=O)/C(=C/c2c(N3CCN(CC)CC3)nc3ccccn3c2=O)SC1=S. The highest BCUT2D eigenvalue weighted by Gasteiger charge is 2.32. The van der Waals surface area contributed by atoms with Gasteiger partial charge in [-0.1, -0.05) is 56.7 Å². The van der Waals surface area contributed by atoms with E-state index >= 15 is 0 Å². The number of unbranched alkanes of at least 4 members (excludes halogenated alkanes) is 2. The number of aromatic nitrogens is 2. The summed E-state index contributed by atoms with van der Waals surface area (Å²) in [5, 5.41) is 0. The zero-order valence-electron chi connectivity index (χ0n) is 18.6. The summed E-state index contributed by atoms with van der Waals surface area (Å²) in [6, 6.07) is 5.53. The monoisotopic (exact) mass is 471 g/mol. The molecule has 32 heavy (non-hydrogen) atoms. The largest absolute Gasteiger partial charge is 0.353 e. The first-order valence-corrected chi connectivity index (χ1v) is 12.5. The van der Waals surface area contributed by atoms with Crippen LogP contribution in [0.5, 0.6) is 0 Å². The number of hydrogen-bond donors (Lipinski definition) is 0. The van der Waals surface area contributed by atoms with Gasteiger partial charge in [-0.05, 0) is 31.2 Å². The Balaban J connectivity index is 1.73. The number of carbonyl (C=O) groups is 1. The first-order valence-electron chi connectivity index (χ1n) is 11.3. The van der Waals surface area contributed by atoms with E-state index in [4.69, 9.17) is 17.2 Å². The number of nitrogens with zero attached hydrogens (tertiary/aromatic N) is 5. The lowest BCUT2D eigenvalue weighted by molar-refractivity contribution is -0.122. The maximum atomic E-state index is 13.5. The molecule has 2 aliphatic heterocycles. The van der Waals surface area contributed by atoms with Crippen molar-refractivity contribution >= 4 is 51.7 Å². The molecule has 0 atom stereocenters. The van der Waals surface area contributed by atoms with Crippen molar-refractivity contribution < 1.29 is 4.79 Å². The molecular formula is C23H29N5O2S2. The van der Waals surface area contributed by atoms with Crippen molar-refractivity contribution in [3.05, 3.63) is 45.2 Å². The first kappa shape index (κ1) is 22.9. The van der Waals surface area contributed by atoms with Crippen LogP contribution >= 0.6 is 24.0 Å². The zero-order chi connectivity index (χ0) is 22.7. The fourth-order valence-corrected chi connectivity index (χ4v) is 5.37. The Kier molecular flexibility index (Phi) is 7.27. The molecule has 0 aliphatic carbocycles. The van der Waals surface area contributed by atoms with Crippen molar-refractivity contribution in [2.75, 3.05) is 44.2 Å². The first-order chi connectivity index (χ1) is 15.5. The Labute approximate surface area is 198 Å². The fourth-order valence-electron chi connectivity index (χ4n) is 4.08. The van der Waals surface area contributed by atoms with Gasteiger partial charge in [-0.25, -0.2) is 4.98 Å². The minimum atomic E-state index is -0.167. The number of thioether (sulfide) groups is 1. The van der Waals surface area contributed by atoms with E-state index in [2.05, 4.69) is 23.6 Å². The summed E-state index contributed by atoms with van der Waals surface area (Å²) < 4.78 is 2.10. The molecule has 0 bridgehead atoms. The summed E-state index contributed by atoms with van der Waals surface area (Å²) in [5.41, 5.74) is 0.891. The second-order valence-corrected chi connectivity index (χ2v) is 9.72. The molecule has 4 heterocycles. The van der Waals surface area contributed by atoms with E-state index in [1.165, 1.54) is 11.8 Å². The molecule has 0 radical (unpaired) electrons. The van der Waals surface area contributed by atoms with E-state index in [9.17, 15) is 9.59 Å². The van der Waals surface area contributed by atoms with Crippen LogP contribution in [0.3, 0.4) is 0 Å². The number of amides is 1. The molecule has 0 aromatic carbocycles. The number of pyridine rings is 1. The molecule has 1 amide bonds. The average molecular weight is 472 g/mol. The number of thiocarbonyl (C=S) groups is 1. The molecule has 2 saturated heterocycles. The normalized spacial score (nSPS) is 19.0. The summed E-state index contributed by atoms with van der Waals surface area (Å²) in [5.74, 6) is 0.531. The number of fused-ring (bicyclic) bond motifs is 1. The number of rotatable bonds is 7. The molecule has 170 valence electrons. The van der Waals surface area contributed by atoms with Gasteiger partial charge < -0.3 is 9.80 Å². The van der Waals surface area contributed by atoms with Gasteiger partial charge in [-0.15, -0.1) is 0 Å². The Morgan fingerprint density at radius 1 is 1.12 bits per heavy atom. The second-order valence-electron chi connectivity index (χ2n) is 8.04. The van der Waals surface area contributed by atoms with Crippen LogP contribution in [0, 0.1) is 0 Å². The lowest BCUT2D eigenvalue weighted by atomic mass is 10.2. The van der Waals surface area contributed by atoms with Gasteiger partial charge in [-0.3, -0.25) is 18.9 Å². The predicted octanol–water partition coefficient (Wildman–Crippen LogP) is 3.23. The third-order valence-electron chi connectivity index (χ3n) is 6.00. The number of likely N-dealkylation sites (N-methyl/N-ethyl adjacent to an activating group) is 1. The minimum Gasteiger partial charge on any atom is -0.353 e. The van der Waals surface area contributed by atoms with Crippen LogP contribution in [0.2, 0.25) is 0 Å². The highest BCUT2D eigenvalue weighted by atomic mass is 32.2. The van der Waals surface area contributed by atoms with Gasteiger partial charge in [0.1, 0.15) is 15.8 Å². The molecule has 0 saturated carbocycles. The second kappa shape index (κ2) is 10.1. The molecule has 0 unspecified atom stereocenters. The number of piperazine rings is 1. The summed E-state index contributed by atoms with van der Waals surface area (Å²) in [4.78, 5) is 38.0. The van der Waals surface area contributed by atoms with Crippen LogP contribution in [-0.2, 0) is 4.79 Å². The molecule has 7 nitrogen and oxygen atoms in total. The molecule has 4 rings (SSSR count). The van der Waals surface area contributed by atoms with Crippen molar-refractivity contribution in [2.45, 2.75) is 33.1 Å². The van der Waals surface area contributed by atoms with E-state index in [0.717, 1.165) is 52.0 Å². The minimum absolute atomic E-state index is 0.115. The van der Waals surface area contributed by atoms with Gasteiger partial charge in [0, 0.05) is 38.9 Å². The van der Waals surface area contributed by atoms with Crippen LogP contribution in [0.4, 0.5) is 5.82 Å². The van der Waals surface area contributed by atoms with E-state index in [1.807, 2.05) is 18.2 Å². The quantitative estimate of drug-likeness (QED) is 0.349. The van der Waals surface area contributed by atoms with Crippen LogP contribution in [0.25, 0.3) is 11.7 Å². The summed E-state index contributed by atoms with van der Waals surface area (Å²) in [6.07, 6.45) is 6.48. The van der Waals surface area contributed by atoms with E-state index in [-0.39, 0.29) is 11.5 Å². The Bertz CT molecular complexity index is 1110. The maximum Gasteiger partial charge on any atom is 0.267 e. The van der Waals surface area contributed by atoms with Crippen molar-refractivity contribution in [1.82, 2.24) is 19.2 Å². The molecule has 2 aromatic rings. The number of anilines is 1. The van der Waals surface area contributed by atoms with Gasteiger partial charge in [0.2, 0.25) is 0 Å². The summed E-state index contributed by atoms with van der Waals surface area (Å²) in [6.45, 7) is 9.35. The lowest BCUT2D eigenvalue weighted by Crippen LogP contribution is -2.47. The molecule has 9 heteroatoms. The molecule has 2 aliphatic rings. The van der Waals surface area contributed by atoms with Crippen molar-refractivity contribution in [3.8, 4) is 0 Å².